The standard InChI is InChI=1S/C6H5BF3NO2/c8-4-2(7(12)13)1-3(11)5(9)6(4)10/h1,12-13H,11H2. The highest BCUT2D eigenvalue weighted by Crippen LogP contribution is 2.15. The summed E-state index contributed by atoms with van der Waals surface area (Å²) in [6.45, 7) is 0. The van der Waals surface area contributed by atoms with E-state index >= 15 is 0 Å². The maximum Gasteiger partial charge on any atom is 0.491 e. The van der Waals surface area contributed by atoms with Crippen LogP contribution in [0.1, 0.15) is 0 Å². The number of nitrogen functional groups attached to an aromatic ring is 1. The molecule has 0 atom stereocenters. The molecule has 0 spiro atoms. The van der Waals surface area contributed by atoms with E-state index in [4.69, 9.17) is 15.8 Å². The molecule has 0 heterocycles. The average Bonchev–Trinajstić information content (AvgIpc) is 2.07. The van der Waals surface area contributed by atoms with E-state index in [1.165, 1.54) is 0 Å². The highest BCUT2D eigenvalue weighted by atomic mass is 19.2. The Morgan fingerprint density at radius 2 is 1.62 bits per heavy atom. The van der Waals surface area contributed by atoms with Crippen molar-refractivity contribution in [2.24, 2.45) is 0 Å². The zero-order chi connectivity index (χ0) is 10.2. The van der Waals surface area contributed by atoms with Gasteiger partial charge in [0.1, 0.15) is 0 Å². The van der Waals surface area contributed by atoms with Crippen molar-refractivity contribution in [1.82, 2.24) is 0 Å². The number of benzene rings is 1. The van der Waals surface area contributed by atoms with Crippen LogP contribution in [0.25, 0.3) is 0 Å². The van der Waals surface area contributed by atoms with Crippen molar-refractivity contribution in [1.29, 1.82) is 0 Å². The van der Waals surface area contributed by atoms with E-state index in [2.05, 4.69) is 0 Å². The number of hydrogen-bond acceptors (Lipinski definition) is 3. The molecule has 1 aromatic carbocycles. The van der Waals surface area contributed by atoms with Crippen LogP contribution in [0.2, 0.25) is 0 Å². The predicted molar refractivity (Wildman–Crippen MR) is 40.6 cm³/mol. The van der Waals surface area contributed by atoms with E-state index in [1.807, 2.05) is 0 Å². The summed E-state index contributed by atoms with van der Waals surface area (Å²) in [4.78, 5) is 0. The average molecular weight is 191 g/mol. The molecule has 4 N–H and O–H groups in total. The minimum Gasteiger partial charge on any atom is -0.423 e. The van der Waals surface area contributed by atoms with Gasteiger partial charge in [0.25, 0.3) is 0 Å². The van der Waals surface area contributed by atoms with Gasteiger partial charge in [-0.1, -0.05) is 0 Å². The molecule has 0 aliphatic rings. The molecule has 0 saturated heterocycles. The third kappa shape index (κ3) is 1.61. The van der Waals surface area contributed by atoms with Gasteiger partial charge in [0, 0.05) is 5.46 Å². The maximum absolute atomic E-state index is 12.7. The Morgan fingerprint density at radius 1 is 1.08 bits per heavy atom. The Balaban J connectivity index is 3.41. The molecule has 0 bridgehead atoms. The molecule has 3 nitrogen and oxygen atoms in total. The van der Waals surface area contributed by atoms with E-state index in [0.717, 1.165) is 0 Å². The van der Waals surface area contributed by atoms with Crippen LogP contribution in [0, 0.1) is 17.5 Å². The summed E-state index contributed by atoms with van der Waals surface area (Å²) in [5.41, 5.74) is 3.45. The lowest BCUT2D eigenvalue weighted by atomic mass is 9.79. The van der Waals surface area contributed by atoms with Crippen LogP contribution in [0.3, 0.4) is 0 Å². The first-order valence-corrected chi connectivity index (χ1v) is 3.24. The summed E-state index contributed by atoms with van der Waals surface area (Å²) in [6, 6.07) is 0.623. The van der Waals surface area contributed by atoms with Gasteiger partial charge in [-0.2, -0.15) is 0 Å². The number of nitrogens with two attached hydrogens (primary N) is 1. The molecule has 0 radical (unpaired) electrons. The molecule has 0 saturated carbocycles. The smallest absolute Gasteiger partial charge is 0.423 e. The molecule has 0 aliphatic carbocycles. The SMILES string of the molecule is Nc1cc(B(O)O)c(F)c(F)c1F. The largest absolute Gasteiger partial charge is 0.491 e. The van der Waals surface area contributed by atoms with E-state index in [9.17, 15) is 13.2 Å². The molecule has 70 valence electrons. The summed E-state index contributed by atoms with van der Waals surface area (Å²) < 4.78 is 37.8. The normalized spacial score (nSPS) is 10.2. The van der Waals surface area contributed by atoms with Crippen LogP contribution in [0.4, 0.5) is 18.9 Å². The van der Waals surface area contributed by atoms with Gasteiger partial charge in [0.2, 0.25) is 0 Å². The number of hydrogen-bond donors (Lipinski definition) is 3. The third-order valence-corrected chi connectivity index (χ3v) is 1.48. The number of rotatable bonds is 1. The topological polar surface area (TPSA) is 66.5 Å². The van der Waals surface area contributed by atoms with Gasteiger partial charge in [-0.25, -0.2) is 13.2 Å². The van der Waals surface area contributed by atoms with E-state index in [-0.39, 0.29) is 0 Å². The highest BCUT2D eigenvalue weighted by molar-refractivity contribution is 6.58. The van der Waals surface area contributed by atoms with Gasteiger partial charge in [-0.3, -0.25) is 0 Å². The third-order valence-electron chi connectivity index (χ3n) is 1.48. The quantitative estimate of drug-likeness (QED) is 0.314. The van der Waals surface area contributed by atoms with Gasteiger partial charge < -0.3 is 15.8 Å². The Labute approximate surface area is 71.7 Å². The fraction of sp³-hybridized carbons (Fsp3) is 0. The second-order valence-electron chi connectivity index (χ2n) is 2.37. The van der Waals surface area contributed by atoms with Crippen molar-refractivity contribution in [3.8, 4) is 0 Å². The molecule has 1 rings (SSSR count). The molecule has 7 heteroatoms. The molecule has 13 heavy (non-hydrogen) atoms. The fourth-order valence-corrected chi connectivity index (χ4v) is 0.832. The van der Waals surface area contributed by atoms with Crippen molar-refractivity contribution in [3.63, 3.8) is 0 Å². The van der Waals surface area contributed by atoms with Gasteiger partial charge >= 0.3 is 7.12 Å². The summed E-state index contributed by atoms with van der Waals surface area (Å²) in [7, 11) is -2.22. The fourth-order valence-electron chi connectivity index (χ4n) is 0.832. The summed E-state index contributed by atoms with van der Waals surface area (Å²) >= 11 is 0. The molecule has 0 unspecified atom stereocenters. The minimum absolute atomic E-state index is 0.623. The van der Waals surface area contributed by atoms with Crippen molar-refractivity contribution < 1.29 is 23.2 Å². The second-order valence-corrected chi connectivity index (χ2v) is 2.37. The van der Waals surface area contributed by atoms with Crippen molar-refractivity contribution in [2.45, 2.75) is 0 Å². The predicted octanol–water partition coefficient (Wildman–Crippen LogP) is -0.634. The Morgan fingerprint density at radius 3 is 2.08 bits per heavy atom. The number of anilines is 1. The minimum atomic E-state index is -2.22. The van der Waals surface area contributed by atoms with Gasteiger partial charge in [-0.05, 0) is 6.07 Å². The zero-order valence-electron chi connectivity index (χ0n) is 6.26. The monoisotopic (exact) mass is 191 g/mol. The molecular formula is C6H5BF3NO2. The molecular weight excluding hydrogens is 186 g/mol. The van der Waals surface area contributed by atoms with E-state index in [0.29, 0.717) is 6.07 Å². The van der Waals surface area contributed by atoms with Crippen LogP contribution in [0.15, 0.2) is 6.07 Å². The highest BCUT2D eigenvalue weighted by Gasteiger charge is 2.23. The first-order chi connectivity index (χ1) is 5.95. The Kier molecular flexibility index (Phi) is 2.49. The second kappa shape index (κ2) is 3.27. The number of halogens is 3. The lowest BCUT2D eigenvalue weighted by molar-refractivity contribution is 0.415. The van der Waals surface area contributed by atoms with E-state index in [1.54, 1.807) is 0 Å². The van der Waals surface area contributed by atoms with Crippen LogP contribution in [-0.4, -0.2) is 17.2 Å². The lowest BCUT2D eigenvalue weighted by Gasteiger charge is -2.05. The van der Waals surface area contributed by atoms with Gasteiger partial charge in [0.05, 0.1) is 5.69 Å². The first kappa shape index (κ1) is 9.88. The molecule has 0 amide bonds. The van der Waals surface area contributed by atoms with Crippen LogP contribution < -0.4 is 11.2 Å². The maximum atomic E-state index is 12.7. The lowest BCUT2D eigenvalue weighted by Crippen LogP contribution is -2.34. The van der Waals surface area contributed by atoms with Crippen LogP contribution in [-0.2, 0) is 0 Å². The zero-order valence-corrected chi connectivity index (χ0v) is 6.26. The Bertz CT molecular complexity index is 345. The van der Waals surface area contributed by atoms with Gasteiger partial charge in [-0.15, -0.1) is 0 Å². The van der Waals surface area contributed by atoms with Crippen molar-refractivity contribution in [2.75, 3.05) is 5.73 Å². The molecule has 0 aromatic heterocycles. The molecule has 0 fully saturated rings. The van der Waals surface area contributed by atoms with E-state index < -0.39 is 35.7 Å². The molecule has 0 aliphatic heterocycles. The summed E-state index contributed by atoms with van der Waals surface area (Å²) in [5.74, 6) is -5.01. The van der Waals surface area contributed by atoms with Crippen LogP contribution in [0.5, 0.6) is 0 Å². The molecule has 1 aromatic rings. The van der Waals surface area contributed by atoms with Crippen molar-refractivity contribution >= 4 is 18.3 Å². The van der Waals surface area contributed by atoms with Gasteiger partial charge in [0.15, 0.2) is 17.5 Å². The Hall–Kier alpha value is -1.21. The summed E-state index contributed by atoms with van der Waals surface area (Å²) in [6.07, 6.45) is 0. The van der Waals surface area contributed by atoms with Crippen molar-refractivity contribution in [3.05, 3.63) is 23.5 Å². The summed E-state index contributed by atoms with van der Waals surface area (Å²) in [5, 5.41) is 17.0. The first-order valence-electron chi connectivity index (χ1n) is 3.24. The van der Waals surface area contributed by atoms with Crippen LogP contribution >= 0.6 is 0 Å².